The molecular weight excluding hydrogens is 126 g/mol. The van der Waals surface area contributed by atoms with Crippen molar-refractivity contribution >= 4 is 0 Å². The first-order valence-electron chi connectivity index (χ1n) is 3.54. The third kappa shape index (κ3) is 5.61. The van der Waals surface area contributed by atoms with Gasteiger partial charge < -0.3 is 10.0 Å². The third-order valence-electron chi connectivity index (χ3n) is 1.34. The molecule has 0 aromatic heterocycles. The lowest BCUT2D eigenvalue weighted by Gasteiger charge is -2.13. The molecule has 2 nitrogen and oxygen atoms in total. The maximum atomic E-state index is 8.47. The molecule has 0 aliphatic rings. The van der Waals surface area contributed by atoms with E-state index < -0.39 is 0 Å². The Morgan fingerprint density at radius 2 is 2.20 bits per heavy atom. The van der Waals surface area contributed by atoms with E-state index in [1.54, 1.807) is 0 Å². The molecule has 0 atom stereocenters. The van der Waals surface area contributed by atoms with Crippen LogP contribution < -0.4 is 0 Å². The highest BCUT2D eigenvalue weighted by atomic mass is 16.3. The molecule has 10 heavy (non-hydrogen) atoms. The minimum atomic E-state index is 0.264. The van der Waals surface area contributed by atoms with E-state index in [4.69, 9.17) is 11.5 Å². The highest BCUT2D eigenvalue weighted by Gasteiger charge is 1.93. The third-order valence-corrected chi connectivity index (χ3v) is 1.34. The zero-order valence-corrected chi connectivity index (χ0v) is 6.51. The highest BCUT2D eigenvalue weighted by molar-refractivity contribution is 4.84. The van der Waals surface area contributed by atoms with Crippen LogP contribution in [0.2, 0.25) is 0 Å². The van der Waals surface area contributed by atoms with E-state index in [-0.39, 0.29) is 6.61 Å². The number of hydrogen-bond acceptors (Lipinski definition) is 2. The summed E-state index contributed by atoms with van der Waals surface area (Å²) in [6, 6.07) is 0. The zero-order valence-electron chi connectivity index (χ0n) is 6.51. The maximum Gasteiger partial charge on any atom is 0.0443 e. The van der Waals surface area contributed by atoms with Gasteiger partial charge in [-0.3, -0.25) is 0 Å². The van der Waals surface area contributed by atoms with Crippen molar-refractivity contribution in [2.45, 2.75) is 12.8 Å². The molecule has 0 radical (unpaired) electrons. The van der Waals surface area contributed by atoms with E-state index >= 15 is 0 Å². The van der Waals surface area contributed by atoms with E-state index in [0.717, 1.165) is 25.9 Å². The molecule has 0 saturated carbocycles. The first-order chi connectivity index (χ1) is 4.81. The maximum absolute atomic E-state index is 8.47. The van der Waals surface area contributed by atoms with Gasteiger partial charge in [0.1, 0.15) is 0 Å². The molecule has 0 spiro atoms. The van der Waals surface area contributed by atoms with Gasteiger partial charge in [0.15, 0.2) is 0 Å². The summed E-state index contributed by atoms with van der Waals surface area (Å²) < 4.78 is 0. The van der Waals surface area contributed by atoms with Crippen LogP contribution in [0, 0.1) is 12.3 Å². The van der Waals surface area contributed by atoms with Crippen molar-refractivity contribution in [1.29, 1.82) is 0 Å². The Kier molecular flexibility index (Phi) is 6.25. The number of terminal acetylenes is 1. The van der Waals surface area contributed by atoms with Gasteiger partial charge in [0.25, 0.3) is 0 Å². The van der Waals surface area contributed by atoms with Gasteiger partial charge in [0.05, 0.1) is 0 Å². The van der Waals surface area contributed by atoms with E-state index in [0.29, 0.717) is 0 Å². The molecule has 0 fully saturated rings. The predicted molar refractivity (Wildman–Crippen MR) is 42.6 cm³/mol. The summed E-state index contributed by atoms with van der Waals surface area (Å²) in [5.74, 6) is 2.57. The van der Waals surface area contributed by atoms with Gasteiger partial charge >= 0.3 is 0 Å². The Hall–Kier alpha value is -0.520. The molecule has 58 valence electrons. The Bertz CT molecular complexity index is 106. The van der Waals surface area contributed by atoms with Crippen molar-refractivity contribution < 1.29 is 5.11 Å². The molecule has 0 aliphatic carbocycles. The lowest BCUT2D eigenvalue weighted by atomic mass is 10.3. The molecule has 0 amide bonds. The van der Waals surface area contributed by atoms with E-state index in [2.05, 4.69) is 10.8 Å². The van der Waals surface area contributed by atoms with Crippen LogP contribution in [-0.4, -0.2) is 36.8 Å². The molecule has 0 heterocycles. The van der Waals surface area contributed by atoms with Crippen LogP contribution in [0.4, 0.5) is 0 Å². The molecule has 0 aromatic rings. The quantitative estimate of drug-likeness (QED) is 0.557. The summed E-state index contributed by atoms with van der Waals surface area (Å²) in [4.78, 5) is 2.12. The van der Waals surface area contributed by atoms with Gasteiger partial charge in [-0.1, -0.05) is 0 Å². The average Bonchev–Trinajstić information content (AvgIpc) is 1.97. The Balaban J connectivity index is 3.10. The van der Waals surface area contributed by atoms with Gasteiger partial charge in [-0.15, -0.1) is 12.3 Å². The second-order valence-electron chi connectivity index (χ2n) is 2.33. The fraction of sp³-hybridized carbons (Fsp3) is 0.750. The minimum absolute atomic E-state index is 0.264. The van der Waals surface area contributed by atoms with E-state index in [1.807, 2.05) is 7.05 Å². The van der Waals surface area contributed by atoms with Gasteiger partial charge in [-0.2, -0.15) is 0 Å². The molecular formula is C8H15NO. The normalized spacial score (nSPS) is 9.80. The van der Waals surface area contributed by atoms with Gasteiger partial charge in [-0.25, -0.2) is 0 Å². The van der Waals surface area contributed by atoms with E-state index in [9.17, 15) is 0 Å². The molecule has 1 N–H and O–H groups in total. The summed E-state index contributed by atoms with van der Waals surface area (Å²) >= 11 is 0. The van der Waals surface area contributed by atoms with Crippen LogP contribution in [0.25, 0.3) is 0 Å². The topological polar surface area (TPSA) is 23.5 Å². The van der Waals surface area contributed by atoms with Gasteiger partial charge in [0, 0.05) is 26.1 Å². The summed E-state index contributed by atoms with van der Waals surface area (Å²) in [5, 5.41) is 8.47. The standard InChI is InChI=1S/C8H15NO/c1-3-4-6-9(2)7-5-8-10/h1,10H,4-8H2,2H3. The Labute approximate surface area is 62.8 Å². The largest absolute Gasteiger partial charge is 0.396 e. The summed E-state index contributed by atoms with van der Waals surface area (Å²) in [6.07, 6.45) is 6.71. The van der Waals surface area contributed by atoms with Gasteiger partial charge in [-0.05, 0) is 13.5 Å². The lowest BCUT2D eigenvalue weighted by molar-refractivity contribution is 0.249. The number of aliphatic hydroxyl groups excluding tert-OH is 1. The molecule has 0 bridgehead atoms. The molecule has 0 aromatic carbocycles. The lowest BCUT2D eigenvalue weighted by Crippen LogP contribution is -2.21. The second-order valence-corrected chi connectivity index (χ2v) is 2.33. The van der Waals surface area contributed by atoms with Crippen molar-refractivity contribution in [2.75, 3.05) is 26.7 Å². The predicted octanol–water partition coefficient (Wildman–Crippen LogP) is 0.324. The van der Waals surface area contributed by atoms with Crippen molar-refractivity contribution in [3.63, 3.8) is 0 Å². The second kappa shape index (κ2) is 6.60. The minimum Gasteiger partial charge on any atom is -0.396 e. The summed E-state index contributed by atoms with van der Waals surface area (Å²) in [5.41, 5.74) is 0. The molecule has 0 unspecified atom stereocenters. The fourth-order valence-corrected chi connectivity index (χ4v) is 0.708. The van der Waals surface area contributed by atoms with Crippen LogP contribution in [0.3, 0.4) is 0 Å². The SMILES string of the molecule is C#CCCN(C)CCCO. The average molecular weight is 141 g/mol. The van der Waals surface area contributed by atoms with Crippen LogP contribution in [0.15, 0.2) is 0 Å². The summed E-state index contributed by atoms with van der Waals surface area (Å²) in [7, 11) is 2.01. The molecule has 2 heteroatoms. The molecule has 0 saturated heterocycles. The monoisotopic (exact) mass is 141 g/mol. The van der Waals surface area contributed by atoms with Crippen LogP contribution in [-0.2, 0) is 0 Å². The Morgan fingerprint density at radius 1 is 1.50 bits per heavy atom. The number of aliphatic hydroxyl groups is 1. The van der Waals surface area contributed by atoms with Crippen molar-refractivity contribution in [2.24, 2.45) is 0 Å². The first kappa shape index (κ1) is 9.48. The van der Waals surface area contributed by atoms with Crippen LogP contribution >= 0.6 is 0 Å². The molecule has 0 aliphatic heterocycles. The van der Waals surface area contributed by atoms with Gasteiger partial charge in [0.2, 0.25) is 0 Å². The number of hydrogen-bond donors (Lipinski definition) is 1. The Morgan fingerprint density at radius 3 is 2.70 bits per heavy atom. The fourth-order valence-electron chi connectivity index (χ4n) is 0.708. The van der Waals surface area contributed by atoms with Crippen LogP contribution in [0.1, 0.15) is 12.8 Å². The van der Waals surface area contributed by atoms with E-state index in [1.165, 1.54) is 0 Å². The molecule has 0 rings (SSSR count). The smallest absolute Gasteiger partial charge is 0.0443 e. The van der Waals surface area contributed by atoms with Crippen molar-refractivity contribution in [3.8, 4) is 12.3 Å². The van der Waals surface area contributed by atoms with Crippen molar-refractivity contribution in [3.05, 3.63) is 0 Å². The zero-order chi connectivity index (χ0) is 7.82. The van der Waals surface area contributed by atoms with Crippen LogP contribution in [0.5, 0.6) is 0 Å². The number of nitrogens with zero attached hydrogens (tertiary/aromatic N) is 1. The van der Waals surface area contributed by atoms with Crippen molar-refractivity contribution in [1.82, 2.24) is 4.90 Å². The summed E-state index contributed by atoms with van der Waals surface area (Å²) in [6.45, 7) is 2.12. The number of rotatable bonds is 5. The first-order valence-corrected chi connectivity index (χ1v) is 3.54. The highest BCUT2D eigenvalue weighted by Crippen LogP contribution is 1.87.